The van der Waals surface area contributed by atoms with Crippen molar-refractivity contribution in [1.29, 1.82) is 0 Å². The zero-order valence-electron chi connectivity index (χ0n) is 15.6. The summed E-state index contributed by atoms with van der Waals surface area (Å²) in [6.45, 7) is 0.114. The smallest absolute Gasteiger partial charge is 0.341 e. The van der Waals surface area contributed by atoms with Crippen molar-refractivity contribution in [2.45, 2.75) is 38.2 Å². The van der Waals surface area contributed by atoms with Crippen LogP contribution in [-0.4, -0.2) is 41.2 Å². The van der Waals surface area contributed by atoms with Gasteiger partial charge in [-0.25, -0.2) is 9.78 Å². The maximum atomic E-state index is 12.2. The Morgan fingerprint density at radius 3 is 2.50 bits per heavy atom. The molecule has 148 valence electrons. The van der Waals surface area contributed by atoms with Crippen LogP contribution in [0.5, 0.6) is 11.6 Å². The third kappa shape index (κ3) is 5.97. The number of ether oxygens (including phenoxy) is 2. The molecular weight excluding hydrogens is 360 g/mol. The summed E-state index contributed by atoms with van der Waals surface area (Å²) in [5.74, 6) is -0.129. The topological polar surface area (TPSA) is 97.8 Å². The van der Waals surface area contributed by atoms with Crippen LogP contribution in [0.15, 0.2) is 42.6 Å². The Balaban J connectivity index is 1.41. The van der Waals surface area contributed by atoms with Crippen molar-refractivity contribution in [1.82, 2.24) is 10.3 Å². The highest BCUT2D eigenvalue weighted by Gasteiger charge is 2.17. The summed E-state index contributed by atoms with van der Waals surface area (Å²) in [5.41, 5.74) is 1.51. The maximum absolute atomic E-state index is 12.2. The lowest BCUT2D eigenvalue weighted by Gasteiger charge is -2.12. The second-order valence-corrected chi connectivity index (χ2v) is 6.74. The van der Waals surface area contributed by atoms with Gasteiger partial charge in [-0.15, -0.1) is 0 Å². The predicted octanol–water partition coefficient (Wildman–Crippen LogP) is 2.84. The third-order valence-corrected chi connectivity index (χ3v) is 4.57. The fourth-order valence-corrected chi connectivity index (χ4v) is 3.08. The van der Waals surface area contributed by atoms with Gasteiger partial charge in [-0.05, 0) is 55.9 Å². The number of carboxylic acid groups (broad SMARTS) is 1. The van der Waals surface area contributed by atoms with E-state index >= 15 is 0 Å². The fraction of sp³-hybridized carbons (Fsp3) is 0.381. The molecule has 2 N–H and O–H groups in total. The van der Waals surface area contributed by atoms with E-state index in [9.17, 15) is 9.59 Å². The van der Waals surface area contributed by atoms with Gasteiger partial charge in [0.15, 0.2) is 6.61 Å². The van der Waals surface area contributed by atoms with Crippen molar-refractivity contribution in [2.24, 2.45) is 0 Å². The van der Waals surface area contributed by atoms with Gasteiger partial charge in [0.1, 0.15) is 11.9 Å². The molecule has 1 aromatic heterocycles. The standard InChI is InChI=1S/C21H24N2O5/c24-20(25)14-27-17-8-5-15(6-9-17)11-12-22-21(26)16-7-10-19(23-13-16)28-18-3-1-2-4-18/h5-10,13,18H,1-4,11-12,14H2,(H,22,26)(H,24,25). The average molecular weight is 384 g/mol. The van der Waals surface area contributed by atoms with Crippen molar-refractivity contribution >= 4 is 11.9 Å². The third-order valence-electron chi connectivity index (χ3n) is 4.57. The first-order chi connectivity index (χ1) is 13.6. The number of carbonyl (C=O) groups is 2. The first-order valence-electron chi connectivity index (χ1n) is 9.44. The summed E-state index contributed by atoms with van der Waals surface area (Å²) in [6.07, 6.45) is 6.96. The molecule has 0 radical (unpaired) electrons. The van der Waals surface area contributed by atoms with Gasteiger partial charge >= 0.3 is 5.97 Å². The van der Waals surface area contributed by atoms with E-state index < -0.39 is 5.97 Å². The Morgan fingerprint density at radius 2 is 1.86 bits per heavy atom. The number of nitrogens with one attached hydrogen (secondary N) is 1. The van der Waals surface area contributed by atoms with Gasteiger partial charge in [0.2, 0.25) is 5.88 Å². The van der Waals surface area contributed by atoms with Crippen molar-refractivity contribution in [3.63, 3.8) is 0 Å². The van der Waals surface area contributed by atoms with E-state index in [0.717, 1.165) is 18.4 Å². The van der Waals surface area contributed by atoms with Crippen molar-refractivity contribution in [3.05, 3.63) is 53.7 Å². The van der Waals surface area contributed by atoms with Gasteiger partial charge in [0.05, 0.1) is 5.56 Å². The minimum Gasteiger partial charge on any atom is -0.482 e. The van der Waals surface area contributed by atoms with Crippen molar-refractivity contribution in [2.75, 3.05) is 13.2 Å². The molecule has 28 heavy (non-hydrogen) atoms. The molecule has 0 bridgehead atoms. The summed E-state index contributed by atoms with van der Waals surface area (Å²) < 4.78 is 10.9. The molecule has 1 saturated carbocycles. The van der Waals surface area contributed by atoms with Crippen LogP contribution in [0, 0.1) is 0 Å². The second-order valence-electron chi connectivity index (χ2n) is 6.74. The number of carboxylic acids is 1. The lowest BCUT2D eigenvalue weighted by atomic mass is 10.1. The van der Waals surface area contributed by atoms with E-state index in [1.54, 1.807) is 24.3 Å². The monoisotopic (exact) mass is 384 g/mol. The van der Waals surface area contributed by atoms with E-state index in [1.807, 2.05) is 12.1 Å². The van der Waals surface area contributed by atoms with Crippen LogP contribution in [0.3, 0.4) is 0 Å². The summed E-state index contributed by atoms with van der Waals surface area (Å²) in [7, 11) is 0. The van der Waals surface area contributed by atoms with Crippen molar-refractivity contribution in [3.8, 4) is 11.6 Å². The van der Waals surface area contributed by atoms with Crippen LogP contribution in [0.2, 0.25) is 0 Å². The van der Waals surface area contributed by atoms with Gasteiger partial charge in [0, 0.05) is 18.8 Å². The van der Waals surface area contributed by atoms with Gasteiger partial charge in [-0.1, -0.05) is 12.1 Å². The number of aliphatic carboxylic acids is 1. The van der Waals surface area contributed by atoms with E-state index in [4.69, 9.17) is 14.6 Å². The molecule has 0 aliphatic heterocycles. The zero-order valence-corrected chi connectivity index (χ0v) is 15.6. The SMILES string of the molecule is O=C(O)COc1ccc(CCNC(=O)c2ccc(OC3CCCC3)nc2)cc1. The quantitative estimate of drug-likeness (QED) is 0.690. The van der Waals surface area contributed by atoms with Crippen LogP contribution < -0.4 is 14.8 Å². The normalized spacial score (nSPS) is 13.9. The van der Waals surface area contributed by atoms with Crippen LogP contribution in [0.1, 0.15) is 41.6 Å². The Labute approximate surface area is 163 Å². The molecule has 0 saturated heterocycles. The van der Waals surface area contributed by atoms with Crippen molar-refractivity contribution < 1.29 is 24.2 Å². The number of carbonyl (C=O) groups excluding carboxylic acids is 1. The number of hydrogen-bond donors (Lipinski definition) is 2. The Kier molecular flexibility index (Phi) is 6.84. The number of nitrogens with zero attached hydrogens (tertiary/aromatic N) is 1. The van der Waals surface area contributed by atoms with Gasteiger partial charge in [-0.2, -0.15) is 0 Å². The van der Waals surface area contributed by atoms with Gasteiger partial charge in [0.25, 0.3) is 5.91 Å². The zero-order chi connectivity index (χ0) is 19.8. The minimum absolute atomic E-state index is 0.179. The highest BCUT2D eigenvalue weighted by atomic mass is 16.5. The number of hydrogen-bond acceptors (Lipinski definition) is 5. The Morgan fingerprint density at radius 1 is 1.11 bits per heavy atom. The molecule has 3 rings (SSSR count). The molecule has 7 heteroatoms. The fourth-order valence-electron chi connectivity index (χ4n) is 3.08. The molecule has 1 aromatic carbocycles. The number of rotatable bonds is 9. The maximum Gasteiger partial charge on any atom is 0.341 e. The lowest BCUT2D eigenvalue weighted by molar-refractivity contribution is -0.139. The molecular formula is C21H24N2O5. The summed E-state index contributed by atoms with van der Waals surface area (Å²) in [5, 5.41) is 11.5. The average Bonchev–Trinajstić information content (AvgIpc) is 3.21. The summed E-state index contributed by atoms with van der Waals surface area (Å²) in [6, 6.07) is 10.6. The number of benzene rings is 1. The highest BCUT2D eigenvalue weighted by Crippen LogP contribution is 2.22. The van der Waals surface area contributed by atoms with Crippen LogP contribution in [0.25, 0.3) is 0 Å². The Bertz CT molecular complexity index is 783. The van der Waals surface area contributed by atoms with E-state index in [-0.39, 0.29) is 18.6 Å². The number of amides is 1. The van der Waals surface area contributed by atoms with Gasteiger partial charge in [-0.3, -0.25) is 4.79 Å². The molecule has 1 fully saturated rings. The first kappa shape index (κ1) is 19.7. The minimum atomic E-state index is -1.01. The summed E-state index contributed by atoms with van der Waals surface area (Å²) in [4.78, 5) is 26.9. The van der Waals surface area contributed by atoms with Gasteiger partial charge < -0.3 is 19.9 Å². The molecule has 1 amide bonds. The van der Waals surface area contributed by atoms with Crippen LogP contribution in [-0.2, 0) is 11.2 Å². The predicted molar refractivity (Wildman–Crippen MR) is 103 cm³/mol. The molecule has 0 unspecified atom stereocenters. The first-order valence-corrected chi connectivity index (χ1v) is 9.44. The molecule has 1 heterocycles. The van der Waals surface area contributed by atoms with Crippen LogP contribution >= 0.6 is 0 Å². The van der Waals surface area contributed by atoms with E-state index in [1.165, 1.54) is 19.0 Å². The summed E-state index contributed by atoms with van der Waals surface area (Å²) >= 11 is 0. The molecule has 0 spiro atoms. The van der Waals surface area contributed by atoms with Crippen LogP contribution in [0.4, 0.5) is 0 Å². The molecule has 7 nitrogen and oxygen atoms in total. The molecule has 0 atom stereocenters. The molecule has 2 aromatic rings. The Hall–Kier alpha value is -3.09. The van der Waals surface area contributed by atoms with E-state index in [0.29, 0.717) is 30.2 Å². The largest absolute Gasteiger partial charge is 0.482 e. The number of aromatic nitrogens is 1. The second kappa shape index (κ2) is 9.73. The van der Waals surface area contributed by atoms with E-state index in [2.05, 4.69) is 10.3 Å². The molecule has 1 aliphatic carbocycles. The lowest BCUT2D eigenvalue weighted by Crippen LogP contribution is -2.25. The molecule has 1 aliphatic rings. The highest BCUT2D eigenvalue weighted by molar-refractivity contribution is 5.93. The number of pyridine rings is 1.